The van der Waals surface area contributed by atoms with Crippen LogP contribution in [0.5, 0.6) is 0 Å². The molecule has 5 heteroatoms. The monoisotopic (exact) mass is 243 g/mol. The van der Waals surface area contributed by atoms with Gasteiger partial charge in [-0.25, -0.2) is 0 Å². The number of hydrogen-bond acceptors (Lipinski definition) is 3. The molecule has 0 aromatic heterocycles. The third kappa shape index (κ3) is 2.20. The van der Waals surface area contributed by atoms with Gasteiger partial charge in [0.15, 0.2) is 0 Å². The molecule has 0 saturated carbocycles. The van der Waals surface area contributed by atoms with Gasteiger partial charge in [-0.15, -0.1) is 0 Å². The topological polar surface area (TPSA) is 49.6 Å². The maximum atomic E-state index is 12.1. The number of thiocarbonyl (C=S) groups is 1. The van der Waals surface area contributed by atoms with Gasteiger partial charge in [-0.05, 0) is 20.3 Å². The van der Waals surface area contributed by atoms with E-state index in [0.717, 1.165) is 19.5 Å². The van der Waals surface area contributed by atoms with E-state index in [4.69, 9.17) is 18.0 Å². The molecule has 0 aromatic rings. The van der Waals surface area contributed by atoms with Gasteiger partial charge in [0.05, 0.1) is 16.6 Å². The SMILES string of the molecule is CCC(C(N)=S)N1CCN(C)C(=O)C1(C)C. The molecule has 1 saturated heterocycles. The second-order valence-electron chi connectivity index (χ2n) is 4.81. The first-order valence-electron chi connectivity index (χ1n) is 5.64. The molecule has 0 radical (unpaired) electrons. The molecule has 1 unspecified atom stereocenters. The Balaban J connectivity index is 2.96. The normalized spacial score (nSPS) is 23.2. The van der Waals surface area contributed by atoms with Crippen molar-refractivity contribution in [2.24, 2.45) is 5.73 Å². The average Bonchev–Trinajstić information content (AvgIpc) is 2.19. The number of nitrogens with two attached hydrogens (primary N) is 1. The van der Waals surface area contributed by atoms with Crippen molar-refractivity contribution in [3.05, 3.63) is 0 Å². The summed E-state index contributed by atoms with van der Waals surface area (Å²) in [6, 6.07) is 0.0163. The Hall–Kier alpha value is -0.680. The minimum absolute atomic E-state index is 0.0163. The molecule has 16 heavy (non-hydrogen) atoms. The molecule has 0 bridgehead atoms. The molecule has 1 aliphatic rings. The van der Waals surface area contributed by atoms with E-state index in [1.807, 2.05) is 27.8 Å². The lowest BCUT2D eigenvalue weighted by atomic mass is 9.94. The molecule has 0 aromatic carbocycles. The zero-order valence-electron chi connectivity index (χ0n) is 10.5. The van der Waals surface area contributed by atoms with Crippen LogP contribution >= 0.6 is 12.2 Å². The molecular formula is C11H21N3OS. The second kappa shape index (κ2) is 4.67. The van der Waals surface area contributed by atoms with Crippen LogP contribution in [0.1, 0.15) is 27.2 Å². The highest BCUT2D eigenvalue weighted by Crippen LogP contribution is 2.25. The number of amides is 1. The van der Waals surface area contributed by atoms with E-state index in [0.29, 0.717) is 4.99 Å². The van der Waals surface area contributed by atoms with E-state index in [-0.39, 0.29) is 11.9 Å². The second-order valence-corrected chi connectivity index (χ2v) is 5.28. The Bertz CT molecular complexity index is 304. The molecule has 2 N–H and O–H groups in total. The number of piperazine rings is 1. The van der Waals surface area contributed by atoms with Crippen LogP contribution in [0.4, 0.5) is 0 Å². The summed E-state index contributed by atoms with van der Waals surface area (Å²) in [5.74, 6) is 0.133. The predicted octanol–water partition coefficient (Wildman–Crippen LogP) is 0.604. The van der Waals surface area contributed by atoms with E-state index in [9.17, 15) is 4.79 Å². The van der Waals surface area contributed by atoms with Crippen molar-refractivity contribution >= 4 is 23.1 Å². The number of likely N-dealkylation sites (N-methyl/N-ethyl adjacent to an activating group) is 1. The van der Waals surface area contributed by atoms with Crippen molar-refractivity contribution in [3.63, 3.8) is 0 Å². The Kier molecular flexibility index (Phi) is 3.91. The lowest BCUT2D eigenvalue weighted by Crippen LogP contribution is -2.66. The molecule has 1 atom stereocenters. The first-order valence-corrected chi connectivity index (χ1v) is 6.04. The summed E-state index contributed by atoms with van der Waals surface area (Å²) in [7, 11) is 1.84. The maximum absolute atomic E-state index is 12.1. The van der Waals surface area contributed by atoms with Crippen molar-refractivity contribution in [1.29, 1.82) is 0 Å². The van der Waals surface area contributed by atoms with Crippen molar-refractivity contribution in [2.45, 2.75) is 38.8 Å². The summed E-state index contributed by atoms with van der Waals surface area (Å²) in [6.07, 6.45) is 0.843. The number of carbonyl (C=O) groups excluding carboxylic acids is 1. The summed E-state index contributed by atoms with van der Waals surface area (Å²) < 4.78 is 0. The zero-order valence-corrected chi connectivity index (χ0v) is 11.3. The highest BCUT2D eigenvalue weighted by Gasteiger charge is 2.43. The smallest absolute Gasteiger partial charge is 0.242 e. The fraction of sp³-hybridized carbons (Fsp3) is 0.818. The molecule has 92 valence electrons. The molecule has 1 rings (SSSR count). The van der Waals surface area contributed by atoms with Crippen molar-refractivity contribution < 1.29 is 4.79 Å². The van der Waals surface area contributed by atoms with E-state index in [2.05, 4.69) is 4.90 Å². The van der Waals surface area contributed by atoms with E-state index in [1.165, 1.54) is 0 Å². The molecule has 1 amide bonds. The van der Waals surface area contributed by atoms with Crippen LogP contribution in [0.3, 0.4) is 0 Å². The van der Waals surface area contributed by atoms with Crippen LogP contribution < -0.4 is 5.73 Å². The number of carbonyl (C=O) groups is 1. The highest BCUT2D eigenvalue weighted by molar-refractivity contribution is 7.80. The van der Waals surface area contributed by atoms with Gasteiger partial charge in [0, 0.05) is 20.1 Å². The third-order valence-electron chi connectivity index (χ3n) is 3.36. The van der Waals surface area contributed by atoms with Crippen molar-refractivity contribution in [3.8, 4) is 0 Å². The molecule has 1 fully saturated rings. The maximum Gasteiger partial charge on any atom is 0.242 e. The first-order chi connectivity index (χ1) is 7.32. The van der Waals surface area contributed by atoms with Crippen LogP contribution in [0.25, 0.3) is 0 Å². The van der Waals surface area contributed by atoms with Crippen molar-refractivity contribution in [2.75, 3.05) is 20.1 Å². The number of nitrogens with zero attached hydrogens (tertiary/aromatic N) is 2. The van der Waals surface area contributed by atoms with Gasteiger partial charge < -0.3 is 10.6 Å². The quantitative estimate of drug-likeness (QED) is 0.738. The Morgan fingerprint density at radius 1 is 1.56 bits per heavy atom. The Morgan fingerprint density at radius 2 is 2.12 bits per heavy atom. The highest BCUT2D eigenvalue weighted by atomic mass is 32.1. The van der Waals surface area contributed by atoms with E-state index < -0.39 is 5.54 Å². The average molecular weight is 243 g/mol. The van der Waals surface area contributed by atoms with Crippen LogP contribution in [-0.2, 0) is 4.79 Å². The molecular weight excluding hydrogens is 222 g/mol. The largest absolute Gasteiger partial charge is 0.392 e. The van der Waals surface area contributed by atoms with Gasteiger partial charge >= 0.3 is 0 Å². The van der Waals surface area contributed by atoms with Gasteiger partial charge in [0.1, 0.15) is 0 Å². The number of hydrogen-bond donors (Lipinski definition) is 1. The van der Waals surface area contributed by atoms with Gasteiger partial charge in [0.2, 0.25) is 5.91 Å². The van der Waals surface area contributed by atoms with Gasteiger partial charge in [-0.2, -0.15) is 0 Å². The summed E-state index contributed by atoms with van der Waals surface area (Å²) >= 11 is 5.08. The van der Waals surface area contributed by atoms with Gasteiger partial charge in [0.25, 0.3) is 0 Å². The summed E-state index contributed by atoms with van der Waals surface area (Å²) in [6.45, 7) is 7.48. The summed E-state index contributed by atoms with van der Waals surface area (Å²) in [5.41, 5.74) is 5.23. The summed E-state index contributed by atoms with van der Waals surface area (Å²) in [5, 5.41) is 0. The minimum Gasteiger partial charge on any atom is -0.392 e. The molecule has 4 nitrogen and oxygen atoms in total. The van der Waals surface area contributed by atoms with Crippen LogP contribution in [-0.4, -0.2) is 52.4 Å². The molecule has 1 heterocycles. The lowest BCUT2D eigenvalue weighted by molar-refractivity contribution is -0.148. The zero-order chi connectivity index (χ0) is 12.5. The minimum atomic E-state index is -0.517. The summed E-state index contributed by atoms with van der Waals surface area (Å²) in [4.78, 5) is 16.5. The molecule has 1 aliphatic heterocycles. The van der Waals surface area contributed by atoms with E-state index in [1.54, 1.807) is 4.90 Å². The predicted molar refractivity (Wildman–Crippen MR) is 69.3 cm³/mol. The Morgan fingerprint density at radius 3 is 2.56 bits per heavy atom. The lowest BCUT2D eigenvalue weighted by Gasteiger charge is -2.48. The molecule has 0 aliphatic carbocycles. The Labute approximate surface area is 103 Å². The standard InChI is InChI=1S/C11H21N3OS/c1-5-8(9(12)16)14-7-6-13(4)10(15)11(14,2)3/h8H,5-7H2,1-4H3,(H2,12,16). The number of rotatable bonds is 3. The van der Waals surface area contributed by atoms with Crippen LogP contribution in [0, 0.1) is 0 Å². The van der Waals surface area contributed by atoms with E-state index >= 15 is 0 Å². The fourth-order valence-electron chi connectivity index (χ4n) is 2.35. The van der Waals surface area contributed by atoms with Crippen molar-refractivity contribution in [1.82, 2.24) is 9.80 Å². The van der Waals surface area contributed by atoms with Gasteiger partial charge in [-0.3, -0.25) is 9.69 Å². The molecule has 0 spiro atoms. The first kappa shape index (κ1) is 13.4. The van der Waals surface area contributed by atoms with Crippen LogP contribution in [0.2, 0.25) is 0 Å². The van der Waals surface area contributed by atoms with Gasteiger partial charge in [-0.1, -0.05) is 19.1 Å². The fourth-order valence-corrected chi connectivity index (χ4v) is 2.64. The third-order valence-corrected chi connectivity index (χ3v) is 3.63. The van der Waals surface area contributed by atoms with Crippen LogP contribution in [0.15, 0.2) is 0 Å².